The van der Waals surface area contributed by atoms with Crippen LogP contribution in [0.3, 0.4) is 0 Å². The van der Waals surface area contributed by atoms with Gasteiger partial charge in [0.1, 0.15) is 0 Å². The maximum Gasteiger partial charge on any atom is 0.322 e. The SMILES string of the molecule is COc1nc(CNC(=O)CN(C)S(C)(=O)=O)nc(OC)n1. The van der Waals surface area contributed by atoms with Crippen LogP contribution >= 0.6 is 0 Å². The molecule has 1 rings (SSSR count). The van der Waals surface area contributed by atoms with Crippen LogP contribution in [0, 0.1) is 0 Å². The molecule has 1 aromatic heterocycles. The van der Waals surface area contributed by atoms with E-state index in [0.717, 1.165) is 10.6 Å². The summed E-state index contributed by atoms with van der Waals surface area (Å²) in [6, 6.07) is 0.110. The van der Waals surface area contributed by atoms with Crippen LogP contribution in [0.25, 0.3) is 0 Å². The summed E-state index contributed by atoms with van der Waals surface area (Å²) in [6.45, 7) is -0.302. The summed E-state index contributed by atoms with van der Waals surface area (Å²) in [7, 11) is 0.673. The highest BCUT2D eigenvalue weighted by Gasteiger charge is 2.15. The summed E-state index contributed by atoms with van der Waals surface area (Å²) < 4.78 is 33.0. The van der Waals surface area contributed by atoms with E-state index in [1.165, 1.54) is 21.3 Å². The van der Waals surface area contributed by atoms with E-state index in [4.69, 9.17) is 9.47 Å². The highest BCUT2D eigenvalue weighted by Crippen LogP contribution is 2.08. The number of likely N-dealkylation sites (N-methyl/N-ethyl adjacent to an activating group) is 1. The third kappa shape index (κ3) is 5.47. The molecular weight excluding hydrogens is 302 g/mol. The number of hydrogen-bond donors (Lipinski definition) is 1. The fourth-order valence-electron chi connectivity index (χ4n) is 1.19. The van der Waals surface area contributed by atoms with Gasteiger partial charge < -0.3 is 14.8 Å². The predicted octanol–water partition coefficient (Wildman–Crippen LogP) is -1.60. The van der Waals surface area contributed by atoms with Crippen molar-refractivity contribution in [1.82, 2.24) is 24.6 Å². The van der Waals surface area contributed by atoms with Crippen LogP contribution in [0.4, 0.5) is 0 Å². The quantitative estimate of drug-likeness (QED) is 0.637. The fourth-order valence-corrected chi connectivity index (χ4v) is 1.54. The molecule has 0 aliphatic heterocycles. The van der Waals surface area contributed by atoms with Crippen LogP contribution < -0.4 is 14.8 Å². The lowest BCUT2D eigenvalue weighted by Crippen LogP contribution is -2.37. The minimum Gasteiger partial charge on any atom is -0.467 e. The molecule has 0 aromatic carbocycles. The minimum atomic E-state index is -3.41. The van der Waals surface area contributed by atoms with Gasteiger partial charge in [-0.1, -0.05) is 0 Å². The Morgan fingerprint density at radius 2 is 1.71 bits per heavy atom. The molecule has 0 atom stereocenters. The Labute approximate surface area is 122 Å². The van der Waals surface area contributed by atoms with Crippen molar-refractivity contribution in [1.29, 1.82) is 0 Å². The van der Waals surface area contributed by atoms with Crippen LogP contribution in [0.5, 0.6) is 12.0 Å². The first-order chi connectivity index (χ1) is 9.76. The number of nitrogens with zero attached hydrogens (tertiary/aromatic N) is 4. The van der Waals surface area contributed by atoms with Crippen molar-refractivity contribution in [2.24, 2.45) is 0 Å². The molecule has 10 nitrogen and oxygen atoms in total. The van der Waals surface area contributed by atoms with Crippen LogP contribution in [0.15, 0.2) is 0 Å². The van der Waals surface area contributed by atoms with Crippen molar-refractivity contribution in [2.75, 3.05) is 34.1 Å². The number of methoxy groups -OCH3 is 2. The Bertz CT molecular complexity index is 584. The van der Waals surface area contributed by atoms with Crippen LogP contribution in [-0.2, 0) is 21.4 Å². The van der Waals surface area contributed by atoms with E-state index in [0.29, 0.717) is 0 Å². The van der Waals surface area contributed by atoms with E-state index >= 15 is 0 Å². The van der Waals surface area contributed by atoms with Crippen molar-refractivity contribution in [2.45, 2.75) is 6.54 Å². The number of aromatic nitrogens is 3. The molecule has 0 fully saturated rings. The molecule has 0 unspecified atom stereocenters. The zero-order valence-corrected chi connectivity index (χ0v) is 13.0. The predicted molar refractivity (Wildman–Crippen MR) is 72.3 cm³/mol. The molecule has 0 bridgehead atoms. The first-order valence-electron chi connectivity index (χ1n) is 5.77. The van der Waals surface area contributed by atoms with Crippen molar-refractivity contribution < 1.29 is 22.7 Å². The van der Waals surface area contributed by atoms with Crippen molar-refractivity contribution >= 4 is 15.9 Å². The minimum absolute atomic E-state index is 0.00826. The Kier molecular flexibility index (Phi) is 5.79. The Hall–Kier alpha value is -2.01. The number of carbonyl (C=O) groups is 1. The van der Waals surface area contributed by atoms with Gasteiger partial charge >= 0.3 is 12.0 Å². The lowest BCUT2D eigenvalue weighted by atomic mass is 10.5. The molecule has 1 amide bonds. The van der Waals surface area contributed by atoms with Gasteiger partial charge in [0.2, 0.25) is 15.9 Å². The summed E-state index contributed by atoms with van der Waals surface area (Å²) >= 11 is 0. The summed E-state index contributed by atoms with van der Waals surface area (Å²) in [5, 5.41) is 2.50. The molecular formula is C10H17N5O5S. The second kappa shape index (κ2) is 7.13. The Morgan fingerprint density at radius 3 is 2.14 bits per heavy atom. The molecule has 0 saturated carbocycles. The smallest absolute Gasteiger partial charge is 0.322 e. The van der Waals surface area contributed by atoms with Gasteiger partial charge in [0.25, 0.3) is 0 Å². The normalized spacial score (nSPS) is 11.3. The maximum absolute atomic E-state index is 11.6. The van der Waals surface area contributed by atoms with E-state index in [2.05, 4.69) is 20.3 Å². The van der Waals surface area contributed by atoms with Gasteiger partial charge in [0, 0.05) is 7.05 Å². The second-order valence-electron chi connectivity index (χ2n) is 4.02. The topological polar surface area (TPSA) is 124 Å². The maximum atomic E-state index is 11.6. The fraction of sp³-hybridized carbons (Fsp3) is 0.600. The second-order valence-corrected chi connectivity index (χ2v) is 6.11. The van der Waals surface area contributed by atoms with Crippen LogP contribution in [0.1, 0.15) is 5.82 Å². The largest absolute Gasteiger partial charge is 0.467 e. The molecule has 1 N–H and O–H groups in total. The zero-order chi connectivity index (χ0) is 16.0. The molecule has 0 aliphatic rings. The molecule has 0 spiro atoms. The molecule has 1 heterocycles. The van der Waals surface area contributed by atoms with E-state index in [9.17, 15) is 13.2 Å². The van der Waals surface area contributed by atoms with Crippen molar-refractivity contribution in [3.05, 3.63) is 5.82 Å². The van der Waals surface area contributed by atoms with Gasteiger partial charge in [-0.05, 0) is 0 Å². The van der Waals surface area contributed by atoms with Gasteiger partial charge in [0.05, 0.1) is 33.6 Å². The highest BCUT2D eigenvalue weighted by atomic mass is 32.2. The zero-order valence-electron chi connectivity index (χ0n) is 12.2. The first-order valence-corrected chi connectivity index (χ1v) is 7.62. The van der Waals surface area contributed by atoms with Crippen molar-refractivity contribution in [3.63, 3.8) is 0 Å². The number of nitrogens with one attached hydrogen (secondary N) is 1. The summed E-state index contributed by atoms with van der Waals surface area (Å²) in [4.78, 5) is 23.3. The monoisotopic (exact) mass is 319 g/mol. The lowest BCUT2D eigenvalue weighted by Gasteiger charge is -2.13. The third-order valence-corrected chi connectivity index (χ3v) is 3.64. The first kappa shape index (κ1) is 17.0. The third-order valence-electron chi connectivity index (χ3n) is 2.38. The molecule has 0 saturated heterocycles. The van der Waals surface area contributed by atoms with Gasteiger partial charge in [-0.15, -0.1) is 4.98 Å². The highest BCUT2D eigenvalue weighted by molar-refractivity contribution is 7.88. The van der Waals surface area contributed by atoms with Crippen LogP contribution in [0.2, 0.25) is 0 Å². The molecule has 21 heavy (non-hydrogen) atoms. The number of carbonyl (C=O) groups excluding carboxylic acids is 1. The standard InChI is InChI=1S/C10H17N5O5S/c1-15(21(4,17)18)6-8(16)11-5-7-12-9(19-2)14-10(13-7)20-3/h5-6H2,1-4H3,(H,11,16). The number of rotatable bonds is 7. The molecule has 1 aromatic rings. The van der Waals surface area contributed by atoms with Gasteiger partial charge in [-0.2, -0.15) is 14.3 Å². The summed E-state index contributed by atoms with van der Waals surface area (Å²) in [6.07, 6.45) is 1.02. The molecule has 118 valence electrons. The van der Waals surface area contributed by atoms with Crippen LogP contribution in [-0.4, -0.2) is 67.6 Å². The molecule has 11 heteroatoms. The molecule has 0 aliphatic carbocycles. The van der Waals surface area contributed by atoms with Crippen molar-refractivity contribution in [3.8, 4) is 12.0 Å². The Morgan fingerprint density at radius 1 is 1.19 bits per heavy atom. The number of sulfonamides is 1. The van der Waals surface area contributed by atoms with Gasteiger partial charge in [-0.3, -0.25) is 4.79 Å². The van der Waals surface area contributed by atoms with E-state index in [1.54, 1.807) is 0 Å². The number of hydrogen-bond acceptors (Lipinski definition) is 8. The Balaban J connectivity index is 2.65. The van der Waals surface area contributed by atoms with E-state index in [1.807, 2.05) is 0 Å². The van der Waals surface area contributed by atoms with E-state index < -0.39 is 15.9 Å². The van der Waals surface area contributed by atoms with E-state index in [-0.39, 0.29) is 30.9 Å². The van der Waals surface area contributed by atoms with Gasteiger partial charge in [-0.25, -0.2) is 8.42 Å². The lowest BCUT2D eigenvalue weighted by molar-refractivity contribution is -0.121. The number of amides is 1. The summed E-state index contributed by atoms with van der Waals surface area (Å²) in [5.74, 6) is -0.254. The molecule has 0 radical (unpaired) electrons. The average molecular weight is 319 g/mol. The number of ether oxygens (including phenoxy) is 2. The average Bonchev–Trinajstić information content (AvgIpc) is 2.43. The van der Waals surface area contributed by atoms with Gasteiger partial charge in [0.15, 0.2) is 5.82 Å². The summed E-state index contributed by atoms with van der Waals surface area (Å²) in [5.41, 5.74) is 0.